The molecule has 0 aromatic heterocycles. The molecule has 0 saturated carbocycles. The van der Waals surface area contributed by atoms with Gasteiger partial charge in [-0.15, -0.1) is 22.2 Å². The van der Waals surface area contributed by atoms with Gasteiger partial charge in [0.15, 0.2) is 66.5 Å². The van der Waals surface area contributed by atoms with Gasteiger partial charge in [0.2, 0.25) is 6.69 Å². The van der Waals surface area contributed by atoms with Gasteiger partial charge in [-0.2, -0.15) is 0 Å². The van der Waals surface area contributed by atoms with Crippen LogP contribution in [0.2, 0.25) is 199 Å². The fourth-order valence-electron chi connectivity index (χ4n) is 7.16. The van der Waals surface area contributed by atoms with Gasteiger partial charge in [0, 0.05) is 11.1 Å². The Bertz CT molecular complexity index is 1430. The molecule has 1 aliphatic rings. The van der Waals surface area contributed by atoms with E-state index in [-0.39, 0.29) is 38.2 Å². The number of carbonyl (C=O) groups is 2. The predicted octanol–water partition coefficient (Wildman–Crippen LogP) is 12.4. The first-order valence-corrected chi connectivity index (χ1v) is 60.2. The van der Waals surface area contributed by atoms with Crippen LogP contribution in [-0.2, 0) is 39.6 Å². The van der Waals surface area contributed by atoms with E-state index in [1.165, 1.54) is 12.1 Å². The van der Waals surface area contributed by atoms with Crippen LogP contribution in [-0.4, -0.2) is 115 Å². The average molecular weight is 1180 g/mol. The quantitative estimate of drug-likeness (QED) is 0.0304. The van der Waals surface area contributed by atoms with E-state index in [9.17, 15) is 14.4 Å². The molecule has 0 aromatic rings. The monoisotopic (exact) mass is 1180 g/mol. The van der Waals surface area contributed by atoms with E-state index in [2.05, 4.69) is 138 Å². The van der Waals surface area contributed by atoms with Crippen molar-refractivity contribution in [3.8, 4) is 0 Å². The van der Waals surface area contributed by atoms with Gasteiger partial charge in [0.05, 0.1) is 13.2 Å². The van der Waals surface area contributed by atoms with Crippen LogP contribution in [0.1, 0.15) is 34.1 Å². The zero-order chi connectivity index (χ0) is 53.2. The smallest absolute Gasteiger partial charge is 0.859 e. The fraction of sp³-hybridized carbons (Fsp3) is 0.864. The van der Waals surface area contributed by atoms with Gasteiger partial charge >= 0.3 is 39.4 Å². The molecule has 0 radical (unpaired) electrons. The standard InChI is InChI=1S/C26H64O6Si7.C8H14Cl2O2Si.C6H16OSi2.C3H9OSi.CH4.Li/c1-25(2)26(27)28-19-18-20-39(17,31-37(13,14)23-21-35(9,10)29-33(3,4)5)32-38(15,16)24-22-36(11,12)30-34(6,7)8;1-7(2)8(11)12-5-4-6-13(3,9)10;1-8(2)5-6-9(3,4)7-8;1-5(2,3)4;;/h1,18-24H2,2-17H3;1,4-6H2,2-3H3;5-6H2,1-4H3;1-3H3;1H4;/q;;;-1;;+1. The molecule has 0 bridgehead atoms. The molecule has 0 amide bonds. The third-order valence-electron chi connectivity index (χ3n) is 9.39. The SMILES string of the molecule is C.C=C(C)C(=O)OCCC[Si](C)(Cl)Cl.C=C(C)C(=O)OCCC[Si](C)(O[Si](C)(C)CC[Si](C)(C)O[Si](C)(C)C)O[Si](C)(C)CC[Si](C)(C)O[Si](C)(C)C.C[Si](C)(C)[O-].C[Si]1(C)CC[Si](C)(C)O1.[Li+]. The second kappa shape index (κ2) is 32.4. The van der Waals surface area contributed by atoms with Crippen LogP contribution >= 0.6 is 22.2 Å². The third kappa shape index (κ3) is 51.2. The molecule has 0 aliphatic carbocycles. The zero-order valence-corrected chi connectivity index (χ0v) is 60.7. The largest absolute Gasteiger partial charge is 1.00 e. The number of carbonyl (C=O) groups excluding carboxylic acids is 2. The number of hydrogen-bond acceptors (Lipinski definition) is 10. The molecule has 68 heavy (non-hydrogen) atoms. The van der Waals surface area contributed by atoms with Gasteiger partial charge in [0.25, 0.3) is 0 Å². The number of ether oxygens (including phenoxy) is 2. The first kappa shape index (κ1) is 78.6. The Balaban J connectivity index is -0.000000366. The molecule has 24 heteroatoms. The summed E-state index contributed by atoms with van der Waals surface area (Å²) in [5.41, 5.74) is 0.848. The minimum atomic E-state index is -2.53. The van der Waals surface area contributed by atoms with Gasteiger partial charge in [-0.25, -0.2) is 9.59 Å². The predicted molar refractivity (Wildman–Crippen MR) is 321 cm³/mol. The van der Waals surface area contributed by atoms with Crippen LogP contribution in [0.4, 0.5) is 0 Å². The van der Waals surface area contributed by atoms with E-state index in [0.717, 1.165) is 49.1 Å². The van der Waals surface area contributed by atoms with Crippen molar-refractivity contribution in [2.75, 3.05) is 13.2 Å². The molecule has 1 saturated heterocycles. The number of halogens is 2. The van der Waals surface area contributed by atoms with Crippen LogP contribution in [0.5, 0.6) is 0 Å². The van der Waals surface area contributed by atoms with Crippen molar-refractivity contribution in [3.63, 3.8) is 0 Å². The Labute approximate surface area is 454 Å². The van der Waals surface area contributed by atoms with Gasteiger partial charge in [0.1, 0.15) is 0 Å². The molecule has 10 nitrogen and oxygen atoms in total. The topological polar surface area (TPSA) is 122 Å². The molecule has 1 fully saturated rings. The summed E-state index contributed by atoms with van der Waals surface area (Å²) >= 11 is 11.7. The summed E-state index contributed by atoms with van der Waals surface area (Å²) in [7, 11) is -17.3. The Morgan fingerprint density at radius 2 is 0.779 bits per heavy atom. The van der Waals surface area contributed by atoms with Crippen LogP contribution in [0.3, 0.4) is 0 Å². The maximum atomic E-state index is 11.9. The molecular weight excluding hydrogens is 1080 g/mol. The molecular formula is C44H107Cl2LiO10Si11. The Kier molecular flexibility index (Phi) is 37.4. The van der Waals surface area contributed by atoms with Crippen molar-refractivity contribution in [1.82, 2.24) is 0 Å². The molecule has 0 spiro atoms. The van der Waals surface area contributed by atoms with E-state index in [0.29, 0.717) is 24.4 Å². The van der Waals surface area contributed by atoms with Crippen molar-refractivity contribution >= 4 is 124 Å². The second-order valence-electron chi connectivity index (χ2n) is 25.1. The van der Waals surface area contributed by atoms with Gasteiger partial charge in [-0.05, 0) is 206 Å². The van der Waals surface area contributed by atoms with Crippen LogP contribution in [0, 0.1) is 0 Å². The van der Waals surface area contributed by atoms with Crippen LogP contribution < -0.4 is 23.7 Å². The zero-order valence-electron chi connectivity index (χ0n) is 48.2. The minimum Gasteiger partial charge on any atom is -0.859 e. The third-order valence-corrected chi connectivity index (χ3v) is 44.9. The van der Waals surface area contributed by atoms with Gasteiger partial charge < -0.3 is 34.8 Å². The maximum absolute atomic E-state index is 11.9. The number of esters is 2. The fourth-order valence-corrected chi connectivity index (χ4v) is 56.4. The summed E-state index contributed by atoms with van der Waals surface area (Å²) in [4.78, 5) is 33.0. The van der Waals surface area contributed by atoms with Crippen LogP contribution in [0.25, 0.3) is 0 Å². The average Bonchev–Trinajstić information content (AvgIpc) is 3.29. The van der Waals surface area contributed by atoms with E-state index in [1.807, 2.05) is 6.55 Å². The van der Waals surface area contributed by atoms with Crippen molar-refractivity contribution < 1.29 is 63.3 Å². The molecule has 0 aromatic carbocycles. The van der Waals surface area contributed by atoms with Crippen molar-refractivity contribution in [2.24, 2.45) is 0 Å². The molecule has 0 N–H and O–H groups in total. The minimum absolute atomic E-state index is 0. The summed E-state index contributed by atoms with van der Waals surface area (Å²) in [6.45, 7) is 60.4. The van der Waals surface area contributed by atoms with Gasteiger partial charge in [-0.3, -0.25) is 0 Å². The molecule has 1 rings (SSSR count). The molecule has 0 unspecified atom stereocenters. The summed E-state index contributed by atoms with van der Waals surface area (Å²) in [6, 6.07) is 8.75. The molecule has 402 valence electrons. The van der Waals surface area contributed by atoms with Crippen molar-refractivity contribution in [1.29, 1.82) is 0 Å². The van der Waals surface area contributed by atoms with E-state index < -0.39 is 90.1 Å². The maximum Gasteiger partial charge on any atom is 1.00 e. The summed E-state index contributed by atoms with van der Waals surface area (Å²) in [5, 5.41) is 0. The van der Waals surface area contributed by atoms with Crippen molar-refractivity contribution in [3.05, 3.63) is 24.3 Å². The molecule has 1 aliphatic heterocycles. The summed E-state index contributed by atoms with van der Waals surface area (Å²) < 4.78 is 43.8. The number of hydrogen-bond donors (Lipinski definition) is 0. The Hall–Kier alpha value is 1.74. The van der Waals surface area contributed by atoms with Gasteiger partial charge in [-0.1, -0.05) is 48.5 Å². The first-order valence-electron chi connectivity index (χ1n) is 24.1. The summed E-state index contributed by atoms with van der Waals surface area (Å²) in [5.74, 6) is -0.679. The second-order valence-corrected chi connectivity index (χ2v) is 77.0. The van der Waals surface area contributed by atoms with Crippen molar-refractivity contribution in [2.45, 2.75) is 233 Å². The molecule has 0 atom stereocenters. The Morgan fingerprint density at radius 1 is 0.529 bits per heavy atom. The Morgan fingerprint density at radius 3 is 0.985 bits per heavy atom. The summed E-state index contributed by atoms with van der Waals surface area (Å²) in [6.07, 6.45) is 1.46. The van der Waals surface area contributed by atoms with E-state index in [4.69, 9.17) is 52.2 Å². The number of rotatable bonds is 24. The van der Waals surface area contributed by atoms with E-state index >= 15 is 0 Å². The van der Waals surface area contributed by atoms with E-state index in [1.54, 1.807) is 33.5 Å². The normalized spacial score (nSPS) is 15.4. The van der Waals surface area contributed by atoms with Crippen LogP contribution in [0.15, 0.2) is 24.3 Å². The first-order chi connectivity index (χ1) is 28.8. The molecule has 1 heterocycles.